The fourth-order valence-electron chi connectivity index (χ4n) is 2.84. The molecular weight excluding hydrogens is 234 g/mol. The molecule has 2 heterocycles. The van der Waals surface area contributed by atoms with Crippen LogP contribution in [0, 0.1) is 6.92 Å². The second-order valence-corrected chi connectivity index (χ2v) is 5.77. The van der Waals surface area contributed by atoms with Gasteiger partial charge in [0.05, 0.1) is 5.69 Å². The predicted molar refractivity (Wildman–Crippen MR) is 80.2 cm³/mol. The van der Waals surface area contributed by atoms with Crippen LogP contribution in [-0.2, 0) is 6.54 Å². The van der Waals surface area contributed by atoms with Crippen LogP contribution in [0.3, 0.4) is 0 Å². The molecule has 106 valence electrons. The second kappa shape index (κ2) is 7.01. The van der Waals surface area contributed by atoms with Crippen LogP contribution < -0.4 is 5.32 Å². The van der Waals surface area contributed by atoms with E-state index < -0.39 is 0 Å². The van der Waals surface area contributed by atoms with Crippen molar-refractivity contribution in [3.05, 3.63) is 29.6 Å². The van der Waals surface area contributed by atoms with Gasteiger partial charge in [-0.15, -0.1) is 0 Å². The summed E-state index contributed by atoms with van der Waals surface area (Å²) in [5.74, 6) is 0. The molecule has 1 aliphatic rings. The van der Waals surface area contributed by atoms with Crippen molar-refractivity contribution < 1.29 is 0 Å². The van der Waals surface area contributed by atoms with Gasteiger partial charge in [0.15, 0.2) is 0 Å². The lowest BCUT2D eigenvalue weighted by Crippen LogP contribution is -2.39. The number of hydrogen-bond donors (Lipinski definition) is 1. The fraction of sp³-hybridized carbons (Fsp3) is 0.688. The van der Waals surface area contributed by atoms with Crippen molar-refractivity contribution in [3.63, 3.8) is 0 Å². The van der Waals surface area contributed by atoms with Gasteiger partial charge < -0.3 is 5.32 Å². The highest BCUT2D eigenvalue weighted by Crippen LogP contribution is 2.16. The lowest BCUT2D eigenvalue weighted by molar-refractivity contribution is 0.190. The molecule has 1 fully saturated rings. The minimum atomic E-state index is 0.635. The van der Waals surface area contributed by atoms with Gasteiger partial charge in [-0.2, -0.15) is 0 Å². The Bertz CT molecular complexity index is 391. The monoisotopic (exact) mass is 261 g/mol. The molecule has 0 bridgehead atoms. The maximum Gasteiger partial charge on any atom is 0.0573 e. The van der Waals surface area contributed by atoms with E-state index in [2.05, 4.69) is 42.0 Å². The number of nitrogens with zero attached hydrogens (tertiary/aromatic N) is 2. The molecule has 1 saturated heterocycles. The van der Waals surface area contributed by atoms with Gasteiger partial charge in [-0.1, -0.05) is 19.4 Å². The number of nitrogens with one attached hydrogen (secondary N) is 1. The molecule has 1 N–H and O–H groups in total. The van der Waals surface area contributed by atoms with Crippen LogP contribution in [0.15, 0.2) is 18.3 Å². The molecule has 2 rings (SSSR count). The summed E-state index contributed by atoms with van der Waals surface area (Å²) in [5.41, 5.74) is 2.53. The zero-order valence-electron chi connectivity index (χ0n) is 12.5. The number of aryl methyl sites for hydroxylation is 1. The molecule has 0 saturated carbocycles. The summed E-state index contributed by atoms with van der Waals surface area (Å²) in [4.78, 5) is 7.14. The van der Waals surface area contributed by atoms with E-state index in [-0.39, 0.29) is 0 Å². The summed E-state index contributed by atoms with van der Waals surface area (Å²) in [7, 11) is 0. The van der Waals surface area contributed by atoms with Crippen molar-refractivity contribution in [2.75, 3.05) is 13.1 Å². The number of aromatic nitrogens is 1. The van der Waals surface area contributed by atoms with E-state index in [1.54, 1.807) is 0 Å². The normalized spacial score (nSPS) is 25.2. The Morgan fingerprint density at radius 3 is 3.05 bits per heavy atom. The largest absolute Gasteiger partial charge is 0.313 e. The zero-order valence-corrected chi connectivity index (χ0v) is 12.5. The van der Waals surface area contributed by atoms with Crippen molar-refractivity contribution in [2.24, 2.45) is 0 Å². The zero-order chi connectivity index (χ0) is 13.7. The molecule has 0 aromatic carbocycles. The highest BCUT2D eigenvalue weighted by Gasteiger charge is 2.22. The Labute approximate surface area is 117 Å². The van der Waals surface area contributed by atoms with Crippen LogP contribution in [0.1, 0.15) is 44.4 Å². The average molecular weight is 261 g/mol. The van der Waals surface area contributed by atoms with Gasteiger partial charge in [0.2, 0.25) is 0 Å². The molecule has 19 heavy (non-hydrogen) atoms. The molecule has 2 atom stereocenters. The molecule has 2 unspecified atom stereocenters. The molecular formula is C16H27N3. The summed E-state index contributed by atoms with van der Waals surface area (Å²) >= 11 is 0. The summed E-state index contributed by atoms with van der Waals surface area (Å²) in [6.07, 6.45) is 5.66. The predicted octanol–water partition coefficient (Wildman–Crippen LogP) is 2.74. The van der Waals surface area contributed by atoms with Gasteiger partial charge in [0, 0.05) is 31.4 Å². The summed E-state index contributed by atoms with van der Waals surface area (Å²) < 4.78 is 0. The minimum Gasteiger partial charge on any atom is -0.313 e. The molecule has 1 aromatic rings. The molecule has 3 nitrogen and oxygen atoms in total. The Kier molecular flexibility index (Phi) is 5.34. The number of pyridine rings is 1. The van der Waals surface area contributed by atoms with E-state index in [0.717, 1.165) is 19.6 Å². The smallest absolute Gasteiger partial charge is 0.0573 e. The first-order valence-corrected chi connectivity index (χ1v) is 7.58. The summed E-state index contributed by atoms with van der Waals surface area (Å²) in [6, 6.07) is 5.45. The van der Waals surface area contributed by atoms with Gasteiger partial charge in [-0.05, 0) is 44.9 Å². The van der Waals surface area contributed by atoms with Gasteiger partial charge in [-0.3, -0.25) is 9.88 Å². The van der Waals surface area contributed by atoms with Crippen LogP contribution in [0.2, 0.25) is 0 Å². The van der Waals surface area contributed by atoms with Crippen molar-refractivity contribution in [1.82, 2.24) is 15.2 Å². The average Bonchev–Trinajstić information content (AvgIpc) is 2.56. The van der Waals surface area contributed by atoms with Gasteiger partial charge in [0.25, 0.3) is 0 Å². The van der Waals surface area contributed by atoms with Gasteiger partial charge in [-0.25, -0.2) is 0 Å². The maximum absolute atomic E-state index is 4.55. The van der Waals surface area contributed by atoms with Crippen molar-refractivity contribution in [3.8, 4) is 0 Å². The summed E-state index contributed by atoms with van der Waals surface area (Å²) in [6.45, 7) is 10.0. The lowest BCUT2D eigenvalue weighted by atomic mass is 10.1. The Hall–Kier alpha value is -0.930. The molecule has 0 aliphatic carbocycles. The number of rotatable bonds is 4. The Morgan fingerprint density at radius 1 is 1.47 bits per heavy atom. The number of hydrogen-bond acceptors (Lipinski definition) is 3. The lowest BCUT2D eigenvalue weighted by Gasteiger charge is -2.29. The summed E-state index contributed by atoms with van der Waals surface area (Å²) in [5, 5.41) is 3.68. The van der Waals surface area contributed by atoms with Crippen LogP contribution in [-0.4, -0.2) is 35.1 Å². The van der Waals surface area contributed by atoms with Crippen molar-refractivity contribution in [1.29, 1.82) is 0 Å². The van der Waals surface area contributed by atoms with Crippen LogP contribution in [0.5, 0.6) is 0 Å². The van der Waals surface area contributed by atoms with E-state index in [1.165, 1.54) is 30.5 Å². The van der Waals surface area contributed by atoms with E-state index in [1.807, 2.05) is 12.3 Å². The molecule has 0 radical (unpaired) electrons. The molecule has 1 aromatic heterocycles. The van der Waals surface area contributed by atoms with E-state index >= 15 is 0 Å². The maximum atomic E-state index is 4.55. The third-order valence-corrected chi connectivity index (χ3v) is 4.18. The minimum absolute atomic E-state index is 0.635. The first-order chi connectivity index (χ1) is 9.20. The Morgan fingerprint density at radius 2 is 2.32 bits per heavy atom. The van der Waals surface area contributed by atoms with Gasteiger partial charge >= 0.3 is 0 Å². The van der Waals surface area contributed by atoms with Crippen LogP contribution in [0.4, 0.5) is 0 Å². The third kappa shape index (κ3) is 4.02. The molecule has 0 spiro atoms. The topological polar surface area (TPSA) is 28.2 Å². The van der Waals surface area contributed by atoms with Crippen LogP contribution in [0.25, 0.3) is 0 Å². The first-order valence-electron chi connectivity index (χ1n) is 7.58. The van der Waals surface area contributed by atoms with Gasteiger partial charge in [0.1, 0.15) is 0 Å². The highest BCUT2D eigenvalue weighted by atomic mass is 15.2. The molecule has 1 aliphatic heterocycles. The van der Waals surface area contributed by atoms with E-state index in [4.69, 9.17) is 0 Å². The highest BCUT2D eigenvalue weighted by molar-refractivity contribution is 5.17. The second-order valence-electron chi connectivity index (χ2n) is 5.77. The molecule has 3 heteroatoms. The molecule has 0 amide bonds. The third-order valence-electron chi connectivity index (χ3n) is 4.18. The quantitative estimate of drug-likeness (QED) is 0.903. The van der Waals surface area contributed by atoms with E-state index in [9.17, 15) is 0 Å². The van der Waals surface area contributed by atoms with E-state index in [0.29, 0.717) is 12.1 Å². The van der Waals surface area contributed by atoms with Crippen molar-refractivity contribution >= 4 is 0 Å². The van der Waals surface area contributed by atoms with Crippen LogP contribution >= 0.6 is 0 Å². The first kappa shape index (κ1) is 14.5. The SMILES string of the molecule is CCCC1CN(Cc2ncccc2C)C(C)CCN1. The van der Waals surface area contributed by atoms with Crippen molar-refractivity contribution in [2.45, 2.75) is 58.7 Å². The fourth-order valence-corrected chi connectivity index (χ4v) is 2.84. The standard InChI is InChI=1S/C16H27N3/c1-4-6-15-11-19(14(3)8-10-17-15)12-16-13(2)7-5-9-18-16/h5,7,9,14-15,17H,4,6,8,10-12H2,1-3H3. The Balaban J connectivity index is 2.05.